The summed E-state index contributed by atoms with van der Waals surface area (Å²) >= 11 is 0. The monoisotopic (exact) mass is 434 g/mol. The van der Waals surface area contributed by atoms with Crippen molar-refractivity contribution in [1.82, 2.24) is 0 Å². The minimum Gasteiger partial charge on any atom is -0.489 e. The molecule has 3 rings (SSSR count). The average Bonchev–Trinajstić information content (AvgIpc) is 2.83. The van der Waals surface area contributed by atoms with Gasteiger partial charge < -0.3 is 18.9 Å². The molecular weight excluding hydrogens is 408 g/mol. The molecule has 3 aromatic rings. The van der Waals surface area contributed by atoms with E-state index in [1.807, 2.05) is 60.7 Å². The minimum atomic E-state index is -0.605. The molecular formula is C26H26O6. The molecule has 0 atom stereocenters. The van der Waals surface area contributed by atoms with Crippen molar-refractivity contribution in [3.8, 4) is 11.5 Å². The Balaban J connectivity index is 1.98. The van der Waals surface area contributed by atoms with Crippen LogP contribution in [0.5, 0.6) is 11.5 Å². The molecule has 0 unspecified atom stereocenters. The van der Waals surface area contributed by atoms with Crippen molar-refractivity contribution in [2.75, 3.05) is 13.2 Å². The standard InChI is InChI=1S/C26H26O6/c1-3-29-25(27)22-15-21(31-17-19-11-7-5-8-12-19)16-23(26(28)30-4-2)24(22)32-18-20-13-9-6-10-14-20/h5-16H,3-4,17-18H2,1-2H3. The van der Waals surface area contributed by atoms with Crippen LogP contribution in [0.1, 0.15) is 45.7 Å². The lowest BCUT2D eigenvalue weighted by molar-refractivity contribution is 0.0513. The van der Waals surface area contributed by atoms with Crippen molar-refractivity contribution < 1.29 is 28.5 Å². The molecule has 0 saturated heterocycles. The lowest BCUT2D eigenvalue weighted by Crippen LogP contribution is -2.14. The van der Waals surface area contributed by atoms with Crippen LogP contribution in [0.4, 0.5) is 0 Å². The van der Waals surface area contributed by atoms with Gasteiger partial charge in [-0.25, -0.2) is 9.59 Å². The van der Waals surface area contributed by atoms with Gasteiger partial charge in [-0.2, -0.15) is 0 Å². The van der Waals surface area contributed by atoms with E-state index in [1.54, 1.807) is 13.8 Å². The first kappa shape index (κ1) is 22.9. The van der Waals surface area contributed by atoms with Crippen LogP contribution in [0.25, 0.3) is 0 Å². The fourth-order valence-corrected chi connectivity index (χ4v) is 3.03. The fraction of sp³-hybridized carbons (Fsp3) is 0.231. The second-order valence-electron chi connectivity index (χ2n) is 6.84. The van der Waals surface area contributed by atoms with Crippen LogP contribution in [0, 0.1) is 0 Å². The molecule has 0 aliphatic rings. The third-order valence-corrected chi connectivity index (χ3v) is 4.53. The quantitative estimate of drug-likeness (QED) is 0.409. The molecule has 0 radical (unpaired) electrons. The number of hydrogen-bond donors (Lipinski definition) is 0. The Morgan fingerprint density at radius 2 is 1.09 bits per heavy atom. The van der Waals surface area contributed by atoms with Gasteiger partial charge in [0.15, 0.2) is 0 Å². The predicted molar refractivity (Wildman–Crippen MR) is 120 cm³/mol. The molecule has 0 aromatic heterocycles. The summed E-state index contributed by atoms with van der Waals surface area (Å²) in [5, 5.41) is 0. The largest absolute Gasteiger partial charge is 0.489 e. The van der Waals surface area contributed by atoms with Crippen LogP contribution < -0.4 is 9.47 Å². The third kappa shape index (κ3) is 6.11. The van der Waals surface area contributed by atoms with Gasteiger partial charge in [0.2, 0.25) is 0 Å². The van der Waals surface area contributed by atoms with E-state index >= 15 is 0 Å². The first-order valence-corrected chi connectivity index (χ1v) is 10.5. The fourth-order valence-electron chi connectivity index (χ4n) is 3.03. The molecule has 0 N–H and O–H groups in total. The van der Waals surface area contributed by atoms with Crippen molar-refractivity contribution in [3.05, 3.63) is 95.1 Å². The summed E-state index contributed by atoms with van der Waals surface area (Å²) < 4.78 is 22.2. The maximum absolute atomic E-state index is 12.7. The SMILES string of the molecule is CCOC(=O)c1cc(OCc2ccccc2)cc(C(=O)OCC)c1OCc1ccccc1. The maximum Gasteiger partial charge on any atom is 0.342 e. The maximum atomic E-state index is 12.7. The average molecular weight is 434 g/mol. The van der Waals surface area contributed by atoms with Gasteiger partial charge in [0, 0.05) is 0 Å². The number of benzene rings is 3. The molecule has 0 fully saturated rings. The van der Waals surface area contributed by atoms with E-state index in [-0.39, 0.29) is 43.3 Å². The highest BCUT2D eigenvalue weighted by Gasteiger charge is 2.25. The topological polar surface area (TPSA) is 71.1 Å². The number of ether oxygens (including phenoxy) is 4. The van der Waals surface area contributed by atoms with Gasteiger partial charge >= 0.3 is 11.9 Å². The number of carbonyl (C=O) groups is 2. The molecule has 166 valence electrons. The zero-order chi connectivity index (χ0) is 22.8. The molecule has 6 nitrogen and oxygen atoms in total. The summed E-state index contributed by atoms with van der Waals surface area (Å²) in [6.07, 6.45) is 0. The Morgan fingerprint density at radius 1 is 0.656 bits per heavy atom. The number of hydrogen-bond acceptors (Lipinski definition) is 6. The predicted octanol–water partition coefficient (Wildman–Crippen LogP) is 5.20. The smallest absolute Gasteiger partial charge is 0.342 e. The van der Waals surface area contributed by atoms with Gasteiger partial charge in [-0.15, -0.1) is 0 Å². The number of esters is 2. The zero-order valence-electron chi connectivity index (χ0n) is 18.2. The van der Waals surface area contributed by atoms with Crippen LogP contribution in [0.15, 0.2) is 72.8 Å². The summed E-state index contributed by atoms with van der Waals surface area (Å²) in [6, 6.07) is 22.1. The van der Waals surface area contributed by atoms with E-state index in [4.69, 9.17) is 18.9 Å². The van der Waals surface area contributed by atoms with Gasteiger partial charge in [0.05, 0.1) is 13.2 Å². The van der Waals surface area contributed by atoms with Crippen molar-refractivity contribution in [3.63, 3.8) is 0 Å². The second kappa shape index (κ2) is 11.6. The molecule has 3 aromatic carbocycles. The lowest BCUT2D eigenvalue weighted by Gasteiger charge is -2.17. The summed E-state index contributed by atoms with van der Waals surface area (Å²) in [5.41, 5.74) is 2.06. The Morgan fingerprint density at radius 3 is 1.53 bits per heavy atom. The van der Waals surface area contributed by atoms with Crippen molar-refractivity contribution in [2.24, 2.45) is 0 Å². The highest BCUT2D eigenvalue weighted by molar-refractivity contribution is 6.01. The van der Waals surface area contributed by atoms with Crippen molar-refractivity contribution >= 4 is 11.9 Å². The summed E-state index contributed by atoms with van der Waals surface area (Å²) in [4.78, 5) is 25.5. The van der Waals surface area contributed by atoms with E-state index < -0.39 is 11.9 Å². The minimum absolute atomic E-state index is 0.108. The van der Waals surface area contributed by atoms with Crippen LogP contribution in [-0.4, -0.2) is 25.2 Å². The number of rotatable bonds is 10. The molecule has 0 heterocycles. The normalized spacial score (nSPS) is 10.3. The van der Waals surface area contributed by atoms with Crippen molar-refractivity contribution in [2.45, 2.75) is 27.1 Å². The summed E-state index contributed by atoms with van der Waals surface area (Å²) in [7, 11) is 0. The molecule has 0 amide bonds. The Hall–Kier alpha value is -3.80. The Kier molecular flexibility index (Phi) is 8.26. The third-order valence-electron chi connectivity index (χ3n) is 4.53. The summed E-state index contributed by atoms with van der Waals surface area (Å²) in [5.74, 6) is -0.762. The van der Waals surface area contributed by atoms with Gasteiger partial charge in [0.25, 0.3) is 0 Å². The van der Waals surface area contributed by atoms with Gasteiger partial charge in [-0.1, -0.05) is 60.7 Å². The first-order chi connectivity index (χ1) is 15.6. The van der Waals surface area contributed by atoms with E-state index in [2.05, 4.69) is 0 Å². The molecule has 0 bridgehead atoms. The summed E-state index contributed by atoms with van der Waals surface area (Å²) in [6.45, 7) is 4.23. The molecule has 0 saturated carbocycles. The molecule has 0 aliphatic carbocycles. The van der Waals surface area contributed by atoms with Crippen LogP contribution in [0.2, 0.25) is 0 Å². The molecule has 6 heteroatoms. The highest BCUT2D eigenvalue weighted by atomic mass is 16.5. The van der Waals surface area contributed by atoms with Crippen LogP contribution in [0.3, 0.4) is 0 Å². The number of carbonyl (C=O) groups excluding carboxylic acids is 2. The lowest BCUT2D eigenvalue weighted by atomic mass is 10.1. The van der Waals surface area contributed by atoms with Gasteiger partial charge in [-0.3, -0.25) is 0 Å². The Bertz CT molecular complexity index is 992. The molecule has 0 aliphatic heterocycles. The van der Waals surface area contributed by atoms with E-state index in [0.717, 1.165) is 11.1 Å². The molecule has 32 heavy (non-hydrogen) atoms. The van der Waals surface area contributed by atoms with Gasteiger partial charge in [0.1, 0.15) is 35.8 Å². The van der Waals surface area contributed by atoms with Crippen molar-refractivity contribution in [1.29, 1.82) is 0 Å². The Labute approximate surface area is 187 Å². The molecule has 0 spiro atoms. The van der Waals surface area contributed by atoms with E-state index in [0.29, 0.717) is 5.75 Å². The zero-order valence-corrected chi connectivity index (χ0v) is 18.2. The van der Waals surface area contributed by atoms with E-state index in [1.165, 1.54) is 12.1 Å². The highest BCUT2D eigenvalue weighted by Crippen LogP contribution is 2.32. The van der Waals surface area contributed by atoms with Crippen LogP contribution in [-0.2, 0) is 22.7 Å². The second-order valence-corrected chi connectivity index (χ2v) is 6.84. The van der Waals surface area contributed by atoms with Crippen LogP contribution >= 0.6 is 0 Å². The van der Waals surface area contributed by atoms with E-state index in [9.17, 15) is 9.59 Å². The van der Waals surface area contributed by atoms with Gasteiger partial charge in [-0.05, 0) is 37.1 Å². The first-order valence-electron chi connectivity index (χ1n) is 10.5.